The minimum atomic E-state index is -0.134. The van der Waals surface area contributed by atoms with Gasteiger partial charge in [0.15, 0.2) is 0 Å². The molecule has 1 aliphatic rings. The van der Waals surface area contributed by atoms with Crippen LogP contribution >= 0.6 is 0 Å². The fourth-order valence-electron chi connectivity index (χ4n) is 3.84. The van der Waals surface area contributed by atoms with Crippen molar-refractivity contribution in [3.63, 3.8) is 0 Å². The Morgan fingerprint density at radius 2 is 1.93 bits per heavy atom. The third kappa shape index (κ3) is 3.34. The topological polar surface area (TPSA) is 103 Å². The Kier molecular flexibility index (Phi) is 4.55. The van der Waals surface area contributed by atoms with Crippen LogP contribution in [0.2, 0.25) is 0 Å². The van der Waals surface area contributed by atoms with E-state index in [1.54, 1.807) is 40.6 Å². The Bertz CT molecular complexity index is 1160. The summed E-state index contributed by atoms with van der Waals surface area (Å²) in [6.07, 6.45) is 10.3. The third-order valence-corrected chi connectivity index (χ3v) is 5.34. The van der Waals surface area contributed by atoms with Crippen molar-refractivity contribution < 1.29 is 9.32 Å². The summed E-state index contributed by atoms with van der Waals surface area (Å²) in [5.41, 5.74) is 2.28. The van der Waals surface area contributed by atoms with E-state index in [1.165, 1.54) is 0 Å². The van der Waals surface area contributed by atoms with Crippen molar-refractivity contribution in [2.45, 2.75) is 11.8 Å². The molecule has 0 radical (unpaired) electrons. The van der Waals surface area contributed by atoms with Crippen molar-refractivity contribution in [3.05, 3.63) is 78.7 Å². The third-order valence-electron chi connectivity index (χ3n) is 5.34. The van der Waals surface area contributed by atoms with Gasteiger partial charge in [-0.3, -0.25) is 14.8 Å². The smallest absolute Gasteiger partial charge is 0.274 e. The zero-order chi connectivity index (χ0) is 20.5. The number of hydrogen-bond donors (Lipinski definition) is 0. The van der Waals surface area contributed by atoms with Gasteiger partial charge in [0.25, 0.3) is 5.91 Å². The molecular formula is C21H19N7O2. The van der Waals surface area contributed by atoms with E-state index in [-0.39, 0.29) is 17.7 Å². The van der Waals surface area contributed by atoms with Gasteiger partial charge in [-0.1, -0.05) is 11.2 Å². The lowest BCUT2D eigenvalue weighted by molar-refractivity contribution is 0.0782. The average Bonchev–Trinajstić information content (AvgIpc) is 3.53. The summed E-state index contributed by atoms with van der Waals surface area (Å²) >= 11 is 0. The molecule has 9 nitrogen and oxygen atoms in total. The highest BCUT2D eigenvalue weighted by Gasteiger charge is 2.41. The molecule has 4 aromatic heterocycles. The predicted octanol–water partition coefficient (Wildman–Crippen LogP) is 2.28. The van der Waals surface area contributed by atoms with Gasteiger partial charge >= 0.3 is 0 Å². The van der Waals surface area contributed by atoms with Crippen LogP contribution in [-0.4, -0.2) is 53.6 Å². The van der Waals surface area contributed by atoms with Crippen LogP contribution in [-0.2, 0) is 7.05 Å². The molecule has 0 saturated carbocycles. The maximum Gasteiger partial charge on any atom is 0.274 e. The second-order valence-electron chi connectivity index (χ2n) is 7.33. The van der Waals surface area contributed by atoms with E-state index < -0.39 is 0 Å². The Balaban J connectivity index is 1.47. The fraction of sp³-hybridized carbons (Fsp3) is 0.238. The molecule has 1 amide bonds. The normalized spacial score (nSPS) is 18.6. The number of carbonyl (C=O) groups excluding carboxylic acids is 1. The van der Waals surface area contributed by atoms with Crippen molar-refractivity contribution in [1.82, 2.24) is 34.6 Å². The monoisotopic (exact) mass is 401 g/mol. The lowest BCUT2D eigenvalue weighted by atomic mass is 9.90. The van der Waals surface area contributed by atoms with Crippen LogP contribution in [0.4, 0.5) is 0 Å². The van der Waals surface area contributed by atoms with E-state index in [2.05, 4.69) is 25.1 Å². The molecule has 1 saturated heterocycles. The number of aryl methyl sites for hydroxylation is 1. The number of nitrogens with zero attached hydrogens (tertiary/aromatic N) is 7. The molecule has 30 heavy (non-hydrogen) atoms. The summed E-state index contributed by atoms with van der Waals surface area (Å²) in [5.74, 6) is 0.766. The van der Waals surface area contributed by atoms with Crippen LogP contribution in [0, 0.1) is 0 Å². The van der Waals surface area contributed by atoms with E-state index in [4.69, 9.17) is 4.52 Å². The first kappa shape index (κ1) is 18.2. The lowest BCUT2D eigenvalue weighted by Crippen LogP contribution is -2.29. The summed E-state index contributed by atoms with van der Waals surface area (Å²) < 4.78 is 7.40. The Labute approximate surface area is 172 Å². The number of likely N-dealkylation sites (tertiary alicyclic amines) is 1. The van der Waals surface area contributed by atoms with Crippen LogP contribution in [0.1, 0.15) is 33.8 Å². The molecule has 0 aromatic carbocycles. The molecule has 5 rings (SSSR count). The molecule has 150 valence electrons. The second kappa shape index (κ2) is 7.51. The minimum Gasteiger partial charge on any atom is -0.340 e. The SMILES string of the molecule is Cn1cnc(C(=O)N2C[C@@H](c3cccnc3)[C@H](c3nc(-c4ccncc4)no3)C2)c1. The van der Waals surface area contributed by atoms with Gasteiger partial charge in [0.05, 0.1) is 12.2 Å². The van der Waals surface area contributed by atoms with E-state index in [0.29, 0.717) is 30.5 Å². The first-order chi connectivity index (χ1) is 14.7. The van der Waals surface area contributed by atoms with E-state index in [0.717, 1.165) is 11.1 Å². The number of rotatable bonds is 4. The van der Waals surface area contributed by atoms with E-state index in [1.807, 2.05) is 37.5 Å². The first-order valence-corrected chi connectivity index (χ1v) is 9.60. The van der Waals surface area contributed by atoms with Crippen LogP contribution in [0.25, 0.3) is 11.4 Å². The van der Waals surface area contributed by atoms with E-state index in [9.17, 15) is 4.79 Å². The summed E-state index contributed by atoms with van der Waals surface area (Å²) in [5, 5.41) is 4.14. The largest absolute Gasteiger partial charge is 0.340 e. The molecule has 0 N–H and O–H groups in total. The maximum atomic E-state index is 13.0. The summed E-state index contributed by atoms with van der Waals surface area (Å²) in [4.78, 5) is 31.9. The zero-order valence-corrected chi connectivity index (χ0v) is 16.3. The highest BCUT2D eigenvalue weighted by atomic mass is 16.5. The van der Waals surface area contributed by atoms with Gasteiger partial charge in [-0.2, -0.15) is 4.98 Å². The van der Waals surface area contributed by atoms with Gasteiger partial charge in [-0.15, -0.1) is 0 Å². The van der Waals surface area contributed by atoms with Crippen LogP contribution in [0.5, 0.6) is 0 Å². The molecule has 4 aromatic rings. The molecule has 1 fully saturated rings. The lowest BCUT2D eigenvalue weighted by Gasteiger charge is -2.15. The molecule has 2 atom stereocenters. The Morgan fingerprint density at radius 3 is 2.67 bits per heavy atom. The van der Waals surface area contributed by atoms with Gasteiger partial charge in [0.1, 0.15) is 5.69 Å². The average molecular weight is 401 g/mol. The molecule has 5 heterocycles. The first-order valence-electron chi connectivity index (χ1n) is 9.60. The molecule has 1 aliphatic heterocycles. The van der Waals surface area contributed by atoms with Gasteiger partial charge in [0, 0.05) is 62.6 Å². The van der Waals surface area contributed by atoms with Crippen LogP contribution in [0.3, 0.4) is 0 Å². The maximum absolute atomic E-state index is 13.0. The van der Waals surface area contributed by atoms with Gasteiger partial charge in [-0.05, 0) is 23.8 Å². The number of amides is 1. The summed E-state index contributed by atoms with van der Waals surface area (Å²) in [6.45, 7) is 0.992. The number of hydrogen-bond acceptors (Lipinski definition) is 7. The predicted molar refractivity (Wildman–Crippen MR) is 106 cm³/mol. The number of imidazole rings is 1. The van der Waals surface area contributed by atoms with Gasteiger partial charge < -0.3 is 14.0 Å². The molecule has 9 heteroatoms. The molecular weight excluding hydrogens is 382 g/mol. The summed E-state index contributed by atoms with van der Waals surface area (Å²) in [7, 11) is 1.84. The fourth-order valence-corrected chi connectivity index (χ4v) is 3.84. The van der Waals surface area contributed by atoms with Crippen molar-refractivity contribution in [2.75, 3.05) is 13.1 Å². The van der Waals surface area contributed by atoms with Crippen LogP contribution < -0.4 is 0 Å². The van der Waals surface area contributed by atoms with Gasteiger partial charge in [-0.25, -0.2) is 4.98 Å². The Morgan fingerprint density at radius 1 is 1.10 bits per heavy atom. The molecule has 0 spiro atoms. The van der Waals surface area contributed by atoms with Gasteiger partial charge in [0.2, 0.25) is 11.7 Å². The number of pyridine rings is 2. The van der Waals surface area contributed by atoms with Crippen molar-refractivity contribution >= 4 is 5.91 Å². The number of aromatic nitrogens is 6. The van der Waals surface area contributed by atoms with Crippen molar-refractivity contribution in [1.29, 1.82) is 0 Å². The standard InChI is InChI=1S/C21H19N7O2/c1-27-12-18(24-13-27)21(29)28-10-16(15-3-2-6-23-9-15)17(11-28)20-25-19(26-30-20)14-4-7-22-8-5-14/h2-9,12-13,16-17H,10-11H2,1H3/t16-,17+/m0/s1. The highest BCUT2D eigenvalue weighted by molar-refractivity contribution is 5.92. The summed E-state index contributed by atoms with van der Waals surface area (Å²) in [6, 6.07) is 7.57. The second-order valence-corrected chi connectivity index (χ2v) is 7.33. The quantitative estimate of drug-likeness (QED) is 0.517. The highest BCUT2D eigenvalue weighted by Crippen LogP contribution is 2.39. The molecule has 0 bridgehead atoms. The van der Waals surface area contributed by atoms with Crippen LogP contribution in [0.15, 0.2) is 66.1 Å². The molecule has 0 aliphatic carbocycles. The molecule has 0 unspecified atom stereocenters. The number of carbonyl (C=O) groups is 1. The zero-order valence-electron chi connectivity index (χ0n) is 16.3. The minimum absolute atomic E-state index is 0.00268. The van der Waals surface area contributed by atoms with E-state index >= 15 is 0 Å². The Hall–Kier alpha value is -3.88. The van der Waals surface area contributed by atoms with Crippen molar-refractivity contribution in [2.24, 2.45) is 7.05 Å². The van der Waals surface area contributed by atoms with Crippen molar-refractivity contribution in [3.8, 4) is 11.4 Å².